The van der Waals surface area contributed by atoms with E-state index in [1.807, 2.05) is 0 Å². The Labute approximate surface area is 124 Å². The normalized spacial score (nSPS) is 27.4. The smallest absolute Gasteiger partial charge is 0.340 e. The number of rotatable bonds is 4. The predicted molar refractivity (Wildman–Crippen MR) is 81.2 cm³/mol. The van der Waals surface area contributed by atoms with Crippen LogP contribution in [-0.2, 0) is 4.74 Å². The first-order valence-corrected chi connectivity index (χ1v) is 7.59. The molecule has 3 aliphatic heterocycles. The van der Waals surface area contributed by atoms with Crippen molar-refractivity contribution in [2.75, 3.05) is 37.3 Å². The fourth-order valence-electron chi connectivity index (χ4n) is 3.25. The van der Waals surface area contributed by atoms with E-state index in [-0.39, 0.29) is 0 Å². The topological polar surface area (TPSA) is 80.5 Å². The van der Waals surface area contributed by atoms with E-state index in [0.717, 1.165) is 6.54 Å². The van der Waals surface area contributed by atoms with E-state index in [9.17, 15) is 4.79 Å². The highest BCUT2D eigenvalue weighted by Crippen LogP contribution is 2.29. The van der Waals surface area contributed by atoms with E-state index in [2.05, 4.69) is 15.2 Å². The molecule has 4 rings (SSSR count). The summed E-state index contributed by atoms with van der Waals surface area (Å²) in [5.74, 6) is 1.00. The van der Waals surface area contributed by atoms with E-state index in [1.54, 1.807) is 13.0 Å². The number of nitrogens with one attached hydrogen (secondary N) is 1. The van der Waals surface area contributed by atoms with E-state index in [0.29, 0.717) is 35.6 Å². The molecule has 2 bridgehead atoms. The molecule has 3 aliphatic rings. The van der Waals surface area contributed by atoms with Crippen molar-refractivity contribution >= 4 is 17.5 Å². The monoisotopic (exact) mass is 290 g/mol. The quantitative estimate of drug-likeness (QED) is 0.815. The van der Waals surface area contributed by atoms with Crippen LogP contribution in [-0.4, -0.2) is 48.1 Å². The molecule has 0 aromatic carbocycles. The van der Waals surface area contributed by atoms with Crippen molar-refractivity contribution in [3.8, 4) is 0 Å². The number of nitrogens with two attached hydrogens (primary N) is 1. The molecule has 0 radical (unpaired) electrons. The molecule has 21 heavy (non-hydrogen) atoms. The van der Waals surface area contributed by atoms with Crippen molar-refractivity contribution in [1.82, 2.24) is 9.88 Å². The zero-order chi connectivity index (χ0) is 14.8. The fraction of sp³-hybridized carbons (Fsp3) is 0.600. The van der Waals surface area contributed by atoms with Gasteiger partial charge in [0, 0.05) is 12.6 Å². The maximum Gasteiger partial charge on any atom is 0.340 e. The number of piperidine rings is 3. The van der Waals surface area contributed by atoms with Crippen molar-refractivity contribution in [3.63, 3.8) is 0 Å². The fourth-order valence-corrected chi connectivity index (χ4v) is 3.25. The molecule has 114 valence electrons. The molecule has 0 saturated carbocycles. The average molecular weight is 290 g/mol. The number of carbonyl (C=O) groups is 1. The van der Waals surface area contributed by atoms with Gasteiger partial charge in [0.15, 0.2) is 0 Å². The summed E-state index contributed by atoms with van der Waals surface area (Å²) in [5.41, 5.74) is 6.55. The van der Waals surface area contributed by atoms with E-state index in [1.165, 1.54) is 32.1 Å². The summed E-state index contributed by atoms with van der Waals surface area (Å²) < 4.78 is 5.02. The number of hydrogen-bond donors (Lipinski definition) is 2. The molecule has 0 aliphatic carbocycles. The van der Waals surface area contributed by atoms with Gasteiger partial charge in [0.1, 0.15) is 5.82 Å². The summed E-state index contributed by atoms with van der Waals surface area (Å²) in [4.78, 5) is 18.6. The summed E-state index contributed by atoms with van der Waals surface area (Å²) in [6.07, 6.45) is 3.99. The number of ether oxygens (including phenoxy) is 1. The van der Waals surface area contributed by atoms with Crippen LogP contribution in [0.2, 0.25) is 0 Å². The van der Waals surface area contributed by atoms with E-state index >= 15 is 0 Å². The zero-order valence-electron chi connectivity index (χ0n) is 12.3. The zero-order valence-corrected chi connectivity index (χ0v) is 12.3. The molecular formula is C15H22N4O2. The van der Waals surface area contributed by atoms with Crippen LogP contribution in [0.1, 0.15) is 30.1 Å². The van der Waals surface area contributed by atoms with Crippen molar-refractivity contribution in [3.05, 3.63) is 17.8 Å². The molecule has 3 saturated heterocycles. The molecule has 0 amide bonds. The molecule has 4 heterocycles. The SMILES string of the molecule is CCOC(=O)c1cc(NC2CN3CCC2CC3)ncc1N. The Morgan fingerprint density at radius 3 is 2.90 bits per heavy atom. The first-order valence-electron chi connectivity index (χ1n) is 7.59. The minimum absolute atomic E-state index is 0.336. The number of carbonyl (C=O) groups excluding carboxylic acids is 1. The summed E-state index contributed by atoms with van der Waals surface area (Å²) in [6.45, 7) is 5.56. The van der Waals surface area contributed by atoms with Gasteiger partial charge in [0.25, 0.3) is 0 Å². The standard InChI is InChI=1S/C15H22N4O2/c1-2-21-15(20)11-7-14(17-8-12(11)16)18-13-9-19-5-3-10(13)4-6-19/h7-8,10,13H,2-6,9,16H2,1H3,(H,17,18). The Morgan fingerprint density at radius 1 is 1.52 bits per heavy atom. The second kappa shape index (κ2) is 5.89. The van der Waals surface area contributed by atoms with Crippen molar-refractivity contribution in [2.24, 2.45) is 5.92 Å². The van der Waals surface area contributed by atoms with E-state index in [4.69, 9.17) is 10.5 Å². The van der Waals surface area contributed by atoms with Crippen LogP contribution in [0.15, 0.2) is 12.3 Å². The number of fused-ring (bicyclic) bond motifs is 3. The molecule has 0 spiro atoms. The summed E-state index contributed by atoms with van der Waals surface area (Å²) in [5, 5.41) is 3.46. The summed E-state index contributed by atoms with van der Waals surface area (Å²) in [7, 11) is 0. The van der Waals surface area contributed by atoms with Gasteiger partial charge in [-0.15, -0.1) is 0 Å². The summed E-state index contributed by atoms with van der Waals surface area (Å²) >= 11 is 0. The van der Waals surface area contributed by atoms with Gasteiger partial charge in [-0.25, -0.2) is 9.78 Å². The minimum Gasteiger partial charge on any atom is -0.462 e. The highest BCUT2D eigenvalue weighted by Gasteiger charge is 2.34. The molecule has 6 nitrogen and oxygen atoms in total. The lowest BCUT2D eigenvalue weighted by molar-refractivity contribution is 0.0527. The second-order valence-electron chi connectivity index (χ2n) is 5.77. The molecule has 1 aromatic heterocycles. The lowest BCUT2D eigenvalue weighted by atomic mass is 9.84. The minimum atomic E-state index is -0.394. The van der Waals surface area contributed by atoms with Gasteiger partial charge < -0.3 is 20.7 Å². The lowest BCUT2D eigenvalue weighted by Crippen LogP contribution is -2.53. The maximum absolute atomic E-state index is 11.9. The lowest BCUT2D eigenvalue weighted by Gasteiger charge is -2.45. The molecule has 1 unspecified atom stereocenters. The highest BCUT2D eigenvalue weighted by atomic mass is 16.5. The largest absolute Gasteiger partial charge is 0.462 e. The van der Waals surface area contributed by atoms with Crippen molar-refractivity contribution in [2.45, 2.75) is 25.8 Å². The number of hydrogen-bond acceptors (Lipinski definition) is 6. The van der Waals surface area contributed by atoms with Crippen LogP contribution in [0, 0.1) is 5.92 Å². The Bertz CT molecular complexity index is 526. The van der Waals surface area contributed by atoms with Gasteiger partial charge in [0.05, 0.1) is 24.1 Å². The average Bonchev–Trinajstić information content (AvgIpc) is 2.50. The highest BCUT2D eigenvalue weighted by molar-refractivity contribution is 5.95. The first-order chi connectivity index (χ1) is 10.2. The van der Waals surface area contributed by atoms with Gasteiger partial charge in [-0.2, -0.15) is 0 Å². The molecule has 3 fully saturated rings. The number of nitrogen functional groups attached to an aromatic ring is 1. The third-order valence-electron chi connectivity index (χ3n) is 4.42. The molecule has 6 heteroatoms. The number of anilines is 2. The van der Waals surface area contributed by atoms with Crippen LogP contribution in [0.4, 0.5) is 11.5 Å². The van der Waals surface area contributed by atoms with Crippen LogP contribution in [0.5, 0.6) is 0 Å². The van der Waals surface area contributed by atoms with Gasteiger partial charge >= 0.3 is 5.97 Å². The predicted octanol–water partition coefficient (Wildman–Crippen LogP) is 1.35. The van der Waals surface area contributed by atoms with Crippen molar-refractivity contribution in [1.29, 1.82) is 0 Å². The third kappa shape index (κ3) is 2.95. The second-order valence-corrected chi connectivity index (χ2v) is 5.77. The third-order valence-corrected chi connectivity index (χ3v) is 4.42. The van der Waals surface area contributed by atoms with Crippen LogP contribution in [0.3, 0.4) is 0 Å². The maximum atomic E-state index is 11.9. The molecule has 1 atom stereocenters. The van der Waals surface area contributed by atoms with E-state index < -0.39 is 5.97 Å². The number of pyridine rings is 1. The van der Waals surface area contributed by atoms with Gasteiger partial charge in [0.2, 0.25) is 0 Å². The van der Waals surface area contributed by atoms with Gasteiger partial charge in [-0.3, -0.25) is 0 Å². The van der Waals surface area contributed by atoms with Gasteiger partial charge in [-0.05, 0) is 44.8 Å². The molecule has 1 aromatic rings. The van der Waals surface area contributed by atoms with Crippen LogP contribution >= 0.6 is 0 Å². The Hall–Kier alpha value is -1.82. The number of aromatic nitrogens is 1. The molecular weight excluding hydrogens is 268 g/mol. The van der Waals surface area contributed by atoms with Crippen LogP contribution in [0.25, 0.3) is 0 Å². The Kier molecular flexibility index (Phi) is 3.96. The number of nitrogens with zero attached hydrogens (tertiary/aromatic N) is 2. The number of esters is 1. The Balaban J connectivity index is 1.74. The van der Waals surface area contributed by atoms with Gasteiger partial charge in [-0.1, -0.05) is 0 Å². The van der Waals surface area contributed by atoms with Crippen molar-refractivity contribution < 1.29 is 9.53 Å². The summed E-state index contributed by atoms with van der Waals surface area (Å²) in [6, 6.07) is 2.10. The van der Waals surface area contributed by atoms with Crippen LogP contribution < -0.4 is 11.1 Å². The Morgan fingerprint density at radius 2 is 2.29 bits per heavy atom. The molecule has 3 N–H and O–H groups in total. The first kappa shape index (κ1) is 14.1.